The van der Waals surface area contributed by atoms with Crippen molar-refractivity contribution in [1.29, 1.82) is 0 Å². The molecule has 0 aromatic heterocycles. The molecular formula is C11H21N. The number of hydrogen-bond acceptors (Lipinski definition) is 1. The molecule has 2 atom stereocenters. The lowest BCUT2D eigenvalue weighted by molar-refractivity contribution is -0.0775. The molecule has 0 aromatic carbocycles. The summed E-state index contributed by atoms with van der Waals surface area (Å²) >= 11 is 0. The van der Waals surface area contributed by atoms with Gasteiger partial charge in [0, 0.05) is 6.04 Å². The fraction of sp³-hybridized carbons (Fsp3) is 1.00. The van der Waals surface area contributed by atoms with E-state index in [-0.39, 0.29) is 0 Å². The monoisotopic (exact) mass is 167 g/mol. The van der Waals surface area contributed by atoms with Gasteiger partial charge < -0.3 is 5.73 Å². The van der Waals surface area contributed by atoms with Crippen molar-refractivity contribution in [3.05, 3.63) is 0 Å². The van der Waals surface area contributed by atoms with Crippen LogP contribution in [0.5, 0.6) is 0 Å². The van der Waals surface area contributed by atoms with Crippen LogP contribution in [0.15, 0.2) is 0 Å². The van der Waals surface area contributed by atoms with Crippen molar-refractivity contribution in [3.63, 3.8) is 0 Å². The Bertz CT molecular complexity index is 160. The quantitative estimate of drug-likeness (QED) is 0.687. The van der Waals surface area contributed by atoms with Gasteiger partial charge in [-0.15, -0.1) is 0 Å². The van der Waals surface area contributed by atoms with Gasteiger partial charge in [0.1, 0.15) is 0 Å². The van der Waals surface area contributed by atoms with E-state index in [1.807, 2.05) is 0 Å². The van der Waals surface area contributed by atoms with Crippen LogP contribution in [-0.4, -0.2) is 6.04 Å². The van der Waals surface area contributed by atoms with Crippen LogP contribution in [0, 0.1) is 11.3 Å². The van der Waals surface area contributed by atoms with Gasteiger partial charge in [0.2, 0.25) is 0 Å². The zero-order valence-corrected chi connectivity index (χ0v) is 8.18. The van der Waals surface area contributed by atoms with Crippen molar-refractivity contribution in [3.8, 4) is 0 Å². The highest BCUT2D eigenvalue weighted by atomic mass is 14.8. The Labute approximate surface area is 75.7 Å². The summed E-state index contributed by atoms with van der Waals surface area (Å²) < 4.78 is 0. The van der Waals surface area contributed by atoms with Crippen LogP contribution in [0.25, 0.3) is 0 Å². The van der Waals surface area contributed by atoms with Crippen LogP contribution < -0.4 is 5.73 Å². The van der Waals surface area contributed by atoms with E-state index >= 15 is 0 Å². The molecule has 0 aliphatic heterocycles. The minimum Gasteiger partial charge on any atom is -0.327 e. The number of hydrogen-bond donors (Lipinski definition) is 1. The minimum absolute atomic E-state index is 0.563. The topological polar surface area (TPSA) is 26.0 Å². The normalized spacial score (nSPS) is 37.5. The van der Waals surface area contributed by atoms with Crippen LogP contribution in [-0.2, 0) is 0 Å². The molecule has 12 heavy (non-hydrogen) atoms. The van der Waals surface area contributed by atoms with E-state index in [1.165, 1.54) is 44.9 Å². The summed E-state index contributed by atoms with van der Waals surface area (Å²) in [5.74, 6) is 1.00. The molecule has 2 aliphatic rings. The van der Waals surface area contributed by atoms with Gasteiger partial charge in [-0.25, -0.2) is 0 Å². The molecular weight excluding hydrogens is 146 g/mol. The lowest BCUT2D eigenvalue weighted by atomic mass is 9.46. The van der Waals surface area contributed by atoms with E-state index in [9.17, 15) is 0 Å². The standard InChI is InChI=1S/C11H21N/c1-2-3-5-9-8-10(12)11(9)6-4-7-11/h9-10H,2-8,12H2,1H3. The zero-order valence-electron chi connectivity index (χ0n) is 8.18. The third-order valence-corrected chi connectivity index (χ3v) is 4.28. The third-order valence-electron chi connectivity index (χ3n) is 4.28. The van der Waals surface area contributed by atoms with Gasteiger partial charge in [0.05, 0.1) is 0 Å². The maximum Gasteiger partial charge on any atom is 0.0101 e. The summed E-state index contributed by atoms with van der Waals surface area (Å²) in [5, 5.41) is 0. The van der Waals surface area contributed by atoms with Crippen molar-refractivity contribution in [2.75, 3.05) is 0 Å². The third kappa shape index (κ3) is 1.02. The smallest absolute Gasteiger partial charge is 0.0101 e. The molecule has 0 amide bonds. The second-order valence-corrected chi connectivity index (χ2v) is 4.77. The van der Waals surface area contributed by atoms with Crippen LogP contribution in [0.2, 0.25) is 0 Å². The number of nitrogens with two attached hydrogens (primary N) is 1. The van der Waals surface area contributed by atoms with Crippen LogP contribution in [0.4, 0.5) is 0 Å². The molecule has 1 heteroatoms. The number of rotatable bonds is 3. The summed E-state index contributed by atoms with van der Waals surface area (Å²) in [6.07, 6.45) is 9.84. The van der Waals surface area contributed by atoms with Crippen molar-refractivity contribution in [1.82, 2.24) is 0 Å². The summed E-state index contributed by atoms with van der Waals surface area (Å²) in [5.41, 5.74) is 6.73. The summed E-state index contributed by atoms with van der Waals surface area (Å²) in [6.45, 7) is 2.28. The second-order valence-electron chi connectivity index (χ2n) is 4.77. The molecule has 2 unspecified atom stereocenters. The summed E-state index contributed by atoms with van der Waals surface area (Å²) in [6, 6.07) is 0.563. The van der Waals surface area contributed by atoms with Gasteiger partial charge in [-0.2, -0.15) is 0 Å². The average Bonchev–Trinajstić information content (AvgIpc) is 1.94. The minimum atomic E-state index is 0.563. The molecule has 1 nitrogen and oxygen atoms in total. The molecule has 0 saturated heterocycles. The van der Waals surface area contributed by atoms with Gasteiger partial charge >= 0.3 is 0 Å². The molecule has 0 radical (unpaired) electrons. The Hall–Kier alpha value is -0.0400. The lowest BCUT2D eigenvalue weighted by Crippen LogP contribution is -2.61. The van der Waals surface area contributed by atoms with E-state index in [4.69, 9.17) is 5.73 Å². The number of unbranched alkanes of at least 4 members (excludes halogenated alkanes) is 1. The van der Waals surface area contributed by atoms with E-state index in [1.54, 1.807) is 0 Å². The highest BCUT2D eigenvalue weighted by Crippen LogP contribution is 2.60. The molecule has 2 saturated carbocycles. The molecule has 0 heterocycles. The summed E-state index contributed by atoms with van der Waals surface area (Å²) in [4.78, 5) is 0. The second kappa shape index (κ2) is 3.02. The summed E-state index contributed by atoms with van der Waals surface area (Å²) in [7, 11) is 0. The SMILES string of the molecule is CCCCC1CC(N)C12CCC2. The molecule has 70 valence electrons. The molecule has 0 aromatic rings. The first-order valence-electron chi connectivity index (χ1n) is 5.55. The van der Waals surface area contributed by atoms with E-state index in [2.05, 4.69) is 6.92 Å². The zero-order chi connectivity index (χ0) is 8.60. The van der Waals surface area contributed by atoms with Gasteiger partial charge in [0.25, 0.3) is 0 Å². The fourth-order valence-corrected chi connectivity index (χ4v) is 3.14. The van der Waals surface area contributed by atoms with Crippen molar-refractivity contribution < 1.29 is 0 Å². The predicted molar refractivity (Wildman–Crippen MR) is 51.9 cm³/mol. The van der Waals surface area contributed by atoms with Crippen molar-refractivity contribution in [2.24, 2.45) is 17.1 Å². The van der Waals surface area contributed by atoms with Crippen molar-refractivity contribution >= 4 is 0 Å². The first-order valence-corrected chi connectivity index (χ1v) is 5.55. The van der Waals surface area contributed by atoms with Crippen LogP contribution in [0.1, 0.15) is 51.9 Å². The Kier molecular flexibility index (Phi) is 2.16. The Morgan fingerprint density at radius 2 is 2.17 bits per heavy atom. The molecule has 0 bridgehead atoms. The Balaban J connectivity index is 1.84. The Morgan fingerprint density at radius 1 is 1.42 bits per heavy atom. The maximum absolute atomic E-state index is 6.08. The Morgan fingerprint density at radius 3 is 2.58 bits per heavy atom. The highest BCUT2D eigenvalue weighted by molar-refractivity contribution is 5.08. The molecule has 2 rings (SSSR count). The van der Waals surface area contributed by atoms with Gasteiger partial charge in [0.15, 0.2) is 0 Å². The molecule has 2 fully saturated rings. The van der Waals surface area contributed by atoms with Gasteiger partial charge in [-0.05, 0) is 37.0 Å². The van der Waals surface area contributed by atoms with E-state index < -0.39 is 0 Å². The van der Waals surface area contributed by atoms with Crippen LogP contribution in [0.3, 0.4) is 0 Å². The largest absolute Gasteiger partial charge is 0.327 e. The average molecular weight is 167 g/mol. The first kappa shape index (κ1) is 8.55. The maximum atomic E-state index is 6.08. The van der Waals surface area contributed by atoms with E-state index in [0.717, 1.165) is 5.92 Å². The van der Waals surface area contributed by atoms with E-state index in [0.29, 0.717) is 11.5 Å². The van der Waals surface area contributed by atoms with Gasteiger partial charge in [-0.3, -0.25) is 0 Å². The lowest BCUT2D eigenvalue weighted by Gasteiger charge is -2.61. The molecule has 2 N–H and O–H groups in total. The van der Waals surface area contributed by atoms with Gasteiger partial charge in [-0.1, -0.05) is 26.2 Å². The molecule has 1 spiro atoms. The van der Waals surface area contributed by atoms with Crippen LogP contribution >= 0.6 is 0 Å². The fourth-order valence-electron chi connectivity index (χ4n) is 3.14. The van der Waals surface area contributed by atoms with Crippen molar-refractivity contribution in [2.45, 2.75) is 57.9 Å². The molecule has 2 aliphatic carbocycles. The highest BCUT2D eigenvalue weighted by Gasteiger charge is 2.55. The first-order chi connectivity index (χ1) is 5.79. The predicted octanol–water partition coefficient (Wildman–Crippen LogP) is 2.69.